The van der Waals surface area contributed by atoms with Crippen molar-refractivity contribution >= 4 is 5.97 Å². The second kappa shape index (κ2) is 7.79. The molecule has 19 heavy (non-hydrogen) atoms. The van der Waals surface area contributed by atoms with Crippen molar-refractivity contribution in [1.82, 2.24) is 5.32 Å². The molecule has 0 aliphatic carbocycles. The molecule has 1 unspecified atom stereocenters. The number of benzene rings is 1. The summed E-state index contributed by atoms with van der Waals surface area (Å²) in [5.41, 5.74) is 1.06. The average molecular weight is 265 g/mol. The first kappa shape index (κ1) is 15.5. The van der Waals surface area contributed by atoms with Crippen molar-refractivity contribution in [3.05, 3.63) is 29.8 Å². The summed E-state index contributed by atoms with van der Waals surface area (Å²) in [4.78, 5) is 11.2. The zero-order valence-corrected chi connectivity index (χ0v) is 11.8. The molecule has 2 N–H and O–H groups in total. The van der Waals surface area contributed by atoms with E-state index in [1.807, 2.05) is 31.2 Å². The molecule has 0 aliphatic heterocycles. The molecule has 0 fully saturated rings. The minimum atomic E-state index is -0.784. The molecular weight excluding hydrogens is 242 g/mol. The number of carboxylic acid groups (broad SMARTS) is 1. The lowest BCUT2D eigenvalue weighted by atomic mass is 10.0. The van der Waals surface area contributed by atoms with E-state index in [-0.39, 0.29) is 6.04 Å². The monoisotopic (exact) mass is 265 g/mol. The van der Waals surface area contributed by atoms with E-state index in [0.717, 1.165) is 24.2 Å². The molecule has 1 rings (SSSR count). The van der Waals surface area contributed by atoms with Crippen LogP contribution in [0, 0.1) is 0 Å². The van der Waals surface area contributed by atoms with E-state index in [1.165, 1.54) is 0 Å². The zero-order chi connectivity index (χ0) is 14.3. The average Bonchev–Trinajstić information content (AvgIpc) is 2.43. The smallest absolute Gasteiger partial charge is 0.320 e. The van der Waals surface area contributed by atoms with Crippen molar-refractivity contribution in [2.45, 2.75) is 45.2 Å². The van der Waals surface area contributed by atoms with Crippen LogP contribution in [0.5, 0.6) is 5.75 Å². The fourth-order valence-corrected chi connectivity index (χ4v) is 1.98. The van der Waals surface area contributed by atoms with Crippen LogP contribution in [-0.2, 0) is 4.79 Å². The van der Waals surface area contributed by atoms with Crippen molar-refractivity contribution in [3.63, 3.8) is 0 Å². The van der Waals surface area contributed by atoms with E-state index in [1.54, 1.807) is 7.11 Å². The molecule has 4 nitrogen and oxygen atoms in total. The number of ether oxygens (including phenoxy) is 1. The number of nitrogens with one attached hydrogen (secondary N) is 1. The molecule has 0 heterocycles. The number of methoxy groups -OCH3 is 1. The molecule has 4 heteroatoms. The van der Waals surface area contributed by atoms with Gasteiger partial charge in [-0.2, -0.15) is 0 Å². The molecule has 106 valence electrons. The zero-order valence-electron chi connectivity index (χ0n) is 11.8. The Labute approximate surface area is 114 Å². The fourth-order valence-electron chi connectivity index (χ4n) is 1.98. The predicted molar refractivity (Wildman–Crippen MR) is 75.5 cm³/mol. The topological polar surface area (TPSA) is 58.6 Å². The number of rotatable bonds is 8. The molecule has 0 saturated heterocycles. The second-order valence-corrected chi connectivity index (χ2v) is 4.69. The summed E-state index contributed by atoms with van der Waals surface area (Å²) in [7, 11) is 1.63. The third-order valence-corrected chi connectivity index (χ3v) is 3.21. The minimum absolute atomic E-state index is 0.00358. The van der Waals surface area contributed by atoms with E-state index in [0.29, 0.717) is 6.42 Å². The Morgan fingerprint density at radius 2 is 2.00 bits per heavy atom. The first-order valence-electron chi connectivity index (χ1n) is 6.71. The first-order valence-corrected chi connectivity index (χ1v) is 6.71. The minimum Gasteiger partial charge on any atom is -0.497 e. The lowest BCUT2D eigenvalue weighted by molar-refractivity contribution is -0.139. The van der Waals surface area contributed by atoms with E-state index in [9.17, 15) is 9.90 Å². The van der Waals surface area contributed by atoms with Crippen molar-refractivity contribution in [2.24, 2.45) is 0 Å². The number of carbonyl (C=O) groups is 1. The standard InChI is InChI=1S/C15H23NO3/c1-4-5-6-14(15(17)18)16-11(2)12-7-9-13(19-3)10-8-12/h7-11,14,16H,4-6H2,1-3H3,(H,17,18)/t11-,14?/m1/s1. The van der Waals surface area contributed by atoms with Crippen LogP contribution in [0.1, 0.15) is 44.7 Å². The van der Waals surface area contributed by atoms with Crippen molar-refractivity contribution in [1.29, 1.82) is 0 Å². The van der Waals surface area contributed by atoms with Gasteiger partial charge in [0, 0.05) is 6.04 Å². The van der Waals surface area contributed by atoms with E-state index in [2.05, 4.69) is 12.2 Å². The molecule has 0 saturated carbocycles. The molecule has 1 aromatic carbocycles. The van der Waals surface area contributed by atoms with Crippen LogP contribution in [0.2, 0.25) is 0 Å². The van der Waals surface area contributed by atoms with Crippen molar-refractivity contribution < 1.29 is 14.6 Å². The number of hydrogen-bond donors (Lipinski definition) is 2. The normalized spacial score (nSPS) is 13.8. The van der Waals surface area contributed by atoms with Crippen LogP contribution in [0.25, 0.3) is 0 Å². The van der Waals surface area contributed by atoms with Crippen molar-refractivity contribution in [2.75, 3.05) is 7.11 Å². The Morgan fingerprint density at radius 3 is 2.47 bits per heavy atom. The summed E-state index contributed by atoms with van der Waals surface area (Å²) in [6.07, 6.45) is 2.58. The number of unbranched alkanes of at least 4 members (excludes halogenated alkanes) is 1. The molecule has 0 radical (unpaired) electrons. The van der Waals surface area contributed by atoms with Crippen molar-refractivity contribution in [3.8, 4) is 5.75 Å². The maximum atomic E-state index is 11.2. The number of hydrogen-bond acceptors (Lipinski definition) is 3. The van der Waals surface area contributed by atoms with Gasteiger partial charge in [0.1, 0.15) is 11.8 Å². The van der Waals surface area contributed by atoms with E-state index < -0.39 is 12.0 Å². The summed E-state index contributed by atoms with van der Waals surface area (Å²) in [5.74, 6) is 0.0190. The summed E-state index contributed by atoms with van der Waals surface area (Å²) in [6.45, 7) is 4.04. The summed E-state index contributed by atoms with van der Waals surface area (Å²) in [6, 6.07) is 7.19. The van der Waals surface area contributed by atoms with Gasteiger partial charge in [-0.1, -0.05) is 31.9 Å². The van der Waals surface area contributed by atoms with Crippen LogP contribution in [0.15, 0.2) is 24.3 Å². The van der Waals surface area contributed by atoms with Gasteiger partial charge in [0.25, 0.3) is 0 Å². The first-order chi connectivity index (χ1) is 9.08. The molecule has 0 spiro atoms. The van der Waals surface area contributed by atoms with Gasteiger partial charge in [-0.3, -0.25) is 10.1 Å². The Balaban J connectivity index is 2.64. The van der Waals surface area contributed by atoms with Gasteiger partial charge in [-0.15, -0.1) is 0 Å². The van der Waals surface area contributed by atoms with Gasteiger partial charge in [-0.25, -0.2) is 0 Å². The third-order valence-electron chi connectivity index (χ3n) is 3.21. The lowest BCUT2D eigenvalue weighted by Gasteiger charge is -2.20. The Kier molecular flexibility index (Phi) is 6.36. The van der Waals surface area contributed by atoms with Crippen LogP contribution < -0.4 is 10.1 Å². The van der Waals surface area contributed by atoms with Gasteiger partial charge in [0.15, 0.2) is 0 Å². The highest BCUT2D eigenvalue weighted by atomic mass is 16.5. The predicted octanol–water partition coefficient (Wildman–Crippen LogP) is 2.99. The summed E-state index contributed by atoms with van der Waals surface area (Å²) >= 11 is 0. The summed E-state index contributed by atoms with van der Waals surface area (Å²) < 4.78 is 5.11. The molecule has 2 atom stereocenters. The Hall–Kier alpha value is -1.55. The lowest BCUT2D eigenvalue weighted by Crippen LogP contribution is -2.38. The van der Waals surface area contributed by atoms with Gasteiger partial charge < -0.3 is 9.84 Å². The van der Waals surface area contributed by atoms with Crippen LogP contribution in [0.4, 0.5) is 0 Å². The highest BCUT2D eigenvalue weighted by molar-refractivity contribution is 5.73. The molecular formula is C15H23NO3. The molecule has 0 aliphatic rings. The van der Waals surface area contributed by atoms with Gasteiger partial charge in [-0.05, 0) is 31.0 Å². The number of aliphatic carboxylic acids is 1. The highest BCUT2D eigenvalue weighted by Crippen LogP contribution is 2.18. The maximum Gasteiger partial charge on any atom is 0.320 e. The quantitative estimate of drug-likeness (QED) is 0.758. The number of carboxylic acids is 1. The van der Waals surface area contributed by atoms with E-state index >= 15 is 0 Å². The van der Waals surface area contributed by atoms with Gasteiger partial charge >= 0.3 is 5.97 Å². The van der Waals surface area contributed by atoms with Gasteiger partial charge in [0.2, 0.25) is 0 Å². The van der Waals surface area contributed by atoms with Crippen LogP contribution >= 0.6 is 0 Å². The molecule has 0 aromatic heterocycles. The summed E-state index contributed by atoms with van der Waals surface area (Å²) in [5, 5.41) is 12.4. The fraction of sp³-hybridized carbons (Fsp3) is 0.533. The second-order valence-electron chi connectivity index (χ2n) is 4.69. The maximum absolute atomic E-state index is 11.2. The van der Waals surface area contributed by atoms with Crippen LogP contribution in [0.3, 0.4) is 0 Å². The SMILES string of the molecule is CCCCC(N[C@H](C)c1ccc(OC)cc1)C(=O)O. The van der Waals surface area contributed by atoms with E-state index in [4.69, 9.17) is 4.74 Å². The molecule has 1 aromatic rings. The Bertz CT molecular complexity index is 389. The highest BCUT2D eigenvalue weighted by Gasteiger charge is 2.19. The molecule has 0 amide bonds. The van der Waals surface area contributed by atoms with Gasteiger partial charge in [0.05, 0.1) is 7.11 Å². The largest absolute Gasteiger partial charge is 0.497 e. The Morgan fingerprint density at radius 1 is 1.37 bits per heavy atom. The van der Waals surface area contributed by atoms with Crippen LogP contribution in [-0.4, -0.2) is 24.2 Å². The molecule has 0 bridgehead atoms. The third kappa shape index (κ3) is 4.91.